The average molecular weight is 398 g/mol. The normalized spacial score (nSPS) is 28.4. The van der Waals surface area contributed by atoms with Crippen LogP contribution < -0.4 is 5.32 Å². The molecule has 1 aromatic carbocycles. The van der Waals surface area contributed by atoms with Crippen molar-refractivity contribution in [1.82, 2.24) is 4.90 Å². The first-order valence-electron chi connectivity index (χ1n) is 10.2. The van der Waals surface area contributed by atoms with Crippen LogP contribution in [0.1, 0.15) is 37.3 Å². The van der Waals surface area contributed by atoms with Gasteiger partial charge < -0.3 is 10.1 Å². The van der Waals surface area contributed by atoms with Gasteiger partial charge in [0.2, 0.25) is 11.8 Å². The summed E-state index contributed by atoms with van der Waals surface area (Å²) >= 11 is 0. The molecule has 5 atom stereocenters. The van der Waals surface area contributed by atoms with Crippen LogP contribution in [0.15, 0.2) is 18.2 Å². The van der Waals surface area contributed by atoms with E-state index >= 15 is 0 Å². The molecule has 1 aliphatic heterocycles. The first kappa shape index (κ1) is 19.6. The van der Waals surface area contributed by atoms with E-state index in [2.05, 4.69) is 5.32 Å². The summed E-state index contributed by atoms with van der Waals surface area (Å²) in [6, 6.07) is 4.53. The molecular weight excluding hydrogens is 372 g/mol. The quantitative estimate of drug-likeness (QED) is 0.606. The van der Waals surface area contributed by atoms with Gasteiger partial charge in [0.15, 0.2) is 6.61 Å². The number of amides is 3. The van der Waals surface area contributed by atoms with Crippen molar-refractivity contribution in [2.24, 2.45) is 23.7 Å². The number of benzene rings is 1. The molecule has 154 valence electrons. The highest BCUT2D eigenvalue weighted by Crippen LogP contribution is 2.56. The molecule has 29 heavy (non-hydrogen) atoms. The average Bonchev–Trinajstić information content (AvgIpc) is 3.37. The van der Waals surface area contributed by atoms with Gasteiger partial charge in [0, 0.05) is 5.69 Å². The molecule has 3 amide bonds. The summed E-state index contributed by atoms with van der Waals surface area (Å²) in [6.07, 6.45) is 2.91. The largest absolute Gasteiger partial charge is 0.454 e. The number of imide groups is 1. The molecule has 0 spiro atoms. The standard InChI is InChI=1S/C22H26N2O5/c1-11-5-4-6-16(12(11)2)23-17(25)10-29-22(28)13(3)24-20(26)18-14-7-8-15(9-14)19(18)21(24)27/h4-6,13-15,18-19H,7-10H2,1-3H3,(H,23,25)/t13-,14-,15+,18+,19+/m1/s1. The lowest BCUT2D eigenvalue weighted by atomic mass is 9.81. The number of fused-ring (bicyclic) bond motifs is 5. The van der Waals surface area contributed by atoms with Gasteiger partial charge in [-0.25, -0.2) is 4.79 Å². The second-order valence-electron chi connectivity index (χ2n) is 8.51. The Labute approximate surface area is 169 Å². The van der Waals surface area contributed by atoms with Crippen molar-refractivity contribution in [3.8, 4) is 0 Å². The van der Waals surface area contributed by atoms with Crippen LogP contribution in [0.5, 0.6) is 0 Å². The summed E-state index contributed by atoms with van der Waals surface area (Å²) in [5.41, 5.74) is 2.64. The molecule has 0 unspecified atom stereocenters. The molecule has 0 radical (unpaired) electrons. The van der Waals surface area contributed by atoms with Gasteiger partial charge in [-0.2, -0.15) is 0 Å². The smallest absolute Gasteiger partial charge is 0.329 e. The van der Waals surface area contributed by atoms with Crippen LogP contribution in [-0.2, 0) is 23.9 Å². The number of likely N-dealkylation sites (tertiary alicyclic amines) is 1. The van der Waals surface area contributed by atoms with Gasteiger partial charge in [-0.15, -0.1) is 0 Å². The number of hydrogen-bond donors (Lipinski definition) is 1. The molecule has 3 aliphatic rings. The lowest BCUT2D eigenvalue weighted by Gasteiger charge is -2.23. The Bertz CT molecular complexity index is 867. The van der Waals surface area contributed by atoms with Crippen molar-refractivity contribution in [1.29, 1.82) is 0 Å². The molecule has 2 saturated carbocycles. The first-order chi connectivity index (χ1) is 13.8. The van der Waals surface area contributed by atoms with E-state index in [1.165, 1.54) is 6.92 Å². The molecule has 7 heteroatoms. The van der Waals surface area contributed by atoms with Gasteiger partial charge in [0.05, 0.1) is 11.8 Å². The number of aryl methyl sites for hydroxylation is 1. The van der Waals surface area contributed by atoms with E-state index in [1.807, 2.05) is 26.0 Å². The number of hydrogen-bond acceptors (Lipinski definition) is 5. The van der Waals surface area contributed by atoms with Crippen LogP contribution in [0.4, 0.5) is 5.69 Å². The Hall–Kier alpha value is -2.70. The lowest BCUT2D eigenvalue weighted by Crippen LogP contribution is -2.45. The molecule has 4 rings (SSSR count). The Kier molecular flexibility index (Phi) is 4.92. The number of carbonyl (C=O) groups excluding carboxylic acids is 4. The van der Waals surface area contributed by atoms with E-state index < -0.39 is 24.5 Å². The number of rotatable bonds is 5. The molecule has 1 heterocycles. The zero-order valence-electron chi connectivity index (χ0n) is 16.9. The molecule has 7 nitrogen and oxygen atoms in total. The topological polar surface area (TPSA) is 92.8 Å². The second kappa shape index (κ2) is 7.28. The summed E-state index contributed by atoms with van der Waals surface area (Å²) in [6.45, 7) is 4.86. The van der Waals surface area contributed by atoms with Crippen molar-refractivity contribution in [3.63, 3.8) is 0 Å². The summed E-state index contributed by atoms with van der Waals surface area (Å²) < 4.78 is 5.11. The monoisotopic (exact) mass is 398 g/mol. The molecule has 1 saturated heterocycles. The number of nitrogens with zero attached hydrogens (tertiary/aromatic N) is 1. The van der Waals surface area contributed by atoms with E-state index in [0.717, 1.165) is 35.3 Å². The fourth-order valence-electron chi connectivity index (χ4n) is 5.25. The maximum atomic E-state index is 12.8. The number of anilines is 1. The van der Waals surface area contributed by atoms with Crippen LogP contribution in [-0.4, -0.2) is 41.2 Å². The Balaban J connectivity index is 1.35. The minimum atomic E-state index is -1.02. The zero-order chi connectivity index (χ0) is 20.9. The van der Waals surface area contributed by atoms with Crippen molar-refractivity contribution in [2.45, 2.75) is 46.1 Å². The molecule has 0 aromatic heterocycles. The molecule has 1 N–H and O–H groups in total. The highest BCUT2D eigenvalue weighted by molar-refractivity contribution is 6.08. The summed E-state index contributed by atoms with van der Waals surface area (Å²) in [5, 5.41) is 2.72. The van der Waals surface area contributed by atoms with Gasteiger partial charge in [0.1, 0.15) is 6.04 Å². The second-order valence-corrected chi connectivity index (χ2v) is 8.51. The highest BCUT2D eigenvalue weighted by atomic mass is 16.5. The van der Waals surface area contributed by atoms with Crippen molar-refractivity contribution < 1.29 is 23.9 Å². The third-order valence-corrected chi connectivity index (χ3v) is 6.91. The fraction of sp³-hybridized carbons (Fsp3) is 0.545. The van der Waals surface area contributed by atoms with Gasteiger partial charge in [-0.3, -0.25) is 19.3 Å². The zero-order valence-corrected chi connectivity index (χ0v) is 16.9. The Morgan fingerprint density at radius 3 is 2.38 bits per heavy atom. The van der Waals surface area contributed by atoms with Gasteiger partial charge in [-0.1, -0.05) is 12.1 Å². The van der Waals surface area contributed by atoms with Gasteiger partial charge in [0.25, 0.3) is 5.91 Å². The van der Waals surface area contributed by atoms with E-state index in [-0.39, 0.29) is 35.5 Å². The first-order valence-corrected chi connectivity index (χ1v) is 10.2. The van der Waals surface area contributed by atoms with Crippen molar-refractivity contribution in [2.75, 3.05) is 11.9 Å². The van der Waals surface area contributed by atoms with Gasteiger partial charge in [-0.05, 0) is 69.1 Å². The maximum Gasteiger partial charge on any atom is 0.329 e. The third kappa shape index (κ3) is 3.22. The lowest BCUT2D eigenvalue weighted by molar-refractivity contribution is -0.159. The van der Waals surface area contributed by atoms with Crippen LogP contribution in [0, 0.1) is 37.5 Å². The number of nitrogens with one attached hydrogen (secondary N) is 1. The molecule has 1 aromatic rings. The van der Waals surface area contributed by atoms with Crippen LogP contribution >= 0.6 is 0 Å². The predicted octanol–water partition coefficient (Wildman–Crippen LogP) is 2.20. The fourth-order valence-corrected chi connectivity index (χ4v) is 5.25. The summed E-state index contributed by atoms with van der Waals surface area (Å²) in [7, 11) is 0. The molecule has 3 fully saturated rings. The summed E-state index contributed by atoms with van der Waals surface area (Å²) in [4.78, 5) is 51.3. The predicted molar refractivity (Wildman–Crippen MR) is 105 cm³/mol. The van der Waals surface area contributed by atoms with Gasteiger partial charge >= 0.3 is 5.97 Å². The Morgan fingerprint density at radius 1 is 1.14 bits per heavy atom. The minimum Gasteiger partial charge on any atom is -0.454 e. The van der Waals surface area contributed by atoms with E-state index in [4.69, 9.17) is 4.74 Å². The number of ether oxygens (including phenoxy) is 1. The van der Waals surface area contributed by atoms with E-state index in [9.17, 15) is 19.2 Å². The highest BCUT2D eigenvalue weighted by Gasteiger charge is 2.62. The molecular formula is C22H26N2O5. The van der Waals surface area contributed by atoms with Crippen LogP contribution in [0.2, 0.25) is 0 Å². The summed E-state index contributed by atoms with van der Waals surface area (Å²) in [5.74, 6) is -1.74. The molecule has 2 bridgehead atoms. The van der Waals surface area contributed by atoms with Crippen molar-refractivity contribution in [3.05, 3.63) is 29.3 Å². The Morgan fingerprint density at radius 2 is 1.76 bits per heavy atom. The van der Waals surface area contributed by atoms with Crippen LogP contribution in [0.3, 0.4) is 0 Å². The SMILES string of the molecule is Cc1cccc(NC(=O)COC(=O)[C@@H](C)N2C(=O)[C@H]3[C@@H]4CC[C@@H](C4)[C@@H]3C2=O)c1C. The number of carbonyl (C=O) groups is 4. The third-order valence-electron chi connectivity index (χ3n) is 6.91. The van der Waals surface area contributed by atoms with Crippen LogP contribution in [0.25, 0.3) is 0 Å². The molecule has 2 aliphatic carbocycles. The number of esters is 1. The maximum absolute atomic E-state index is 12.8. The van der Waals surface area contributed by atoms with E-state index in [1.54, 1.807) is 6.07 Å². The minimum absolute atomic E-state index is 0.253. The van der Waals surface area contributed by atoms with E-state index in [0.29, 0.717) is 5.69 Å². The van der Waals surface area contributed by atoms with Crippen molar-refractivity contribution >= 4 is 29.4 Å².